The Morgan fingerprint density at radius 1 is 1.24 bits per heavy atom. The number of carboxylic acids is 1. The minimum absolute atomic E-state index is 0.0702. The maximum atomic E-state index is 11.9. The minimum Gasteiger partial charge on any atom is -0.481 e. The molecule has 0 aromatic heterocycles. The molecule has 0 bridgehead atoms. The molecule has 1 aliphatic carbocycles. The summed E-state index contributed by atoms with van der Waals surface area (Å²) in [6.07, 6.45) is 1.70. The van der Waals surface area contributed by atoms with Crippen molar-refractivity contribution in [3.05, 3.63) is 29.8 Å². The molecule has 2 rings (SSSR count). The normalized spacial score (nSPS) is 20.8. The van der Waals surface area contributed by atoms with Crippen LogP contribution in [0.15, 0.2) is 24.3 Å². The highest BCUT2D eigenvalue weighted by molar-refractivity contribution is 5.96. The number of Topliss-reactive ketones (excluding diaryl/α,β-unsaturated/α-hetero) is 1. The third kappa shape index (κ3) is 4.05. The van der Waals surface area contributed by atoms with Crippen molar-refractivity contribution in [1.82, 2.24) is 5.32 Å². The van der Waals surface area contributed by atoms with Gasteiger partial charge >= 0.3 is 12.0 Å². The summed E-state index contributed by atoms with van der Waals surface area (Å²) in [6, 6.07) is 6.17. The first kappa shape index (κ1) is 15.0. The van der Waals surface area contributed by atoms with E-state index in [9.17, 15) is 14.4 Å². The average molecular weight is 290 g/mol. The number of urea groups is 1. The third-order valence-electron chi connectivity index (χ3n) is 3.64. The number of hydrogen-bond donors (Lipinski definition) is 3. The van der Waals surface area contributed by atoms with Crippen molar-refractivity contribution in [3.63, 3.8) is 0 Å². The number of anilines is 1. The molecular weight excluding hydrogens is 272 g/mol. The number of nitrogens with one attached hydrogen (secondary N) is 2. The van der Waals surface area contributed by atoms with E-state index in [1.807, 2.05) is 0 Å². The summed E-state index contributed by atoms with van der Waals surface area (Å²) in [5.74, 6) is -1.26. The van der Waals surface area contributed by atoms with Gasteiger partial charge in [0.2, 0.25) is 0 Å². The van der Waals surface area contributed by atoms with Gasteiger partial charge in [0.25, 0.3) is 0 Å². The Balaban J connectivity index is 1.89. The molecule has 1 aromatic carbocycles. The molecule has 6 nitrogen and oxygen atoms in total. The summed E-state index contributed by atoms with van der Waals surface area (Å²) in [6.45, 7) is 1.46. The smallest absolute Gasteiger partial charge is 0.319 e. The standard InChI is InChI=1S/C15H18N2O4/c1-9(18)10-3-2-4-12(7-10)16-15(21)17-13-6-5-11(8-13)14(19)20/h2-4,7,11,13H,5-6,8H2,1H3,(H,19,20)(H2,16,17,21). The first-order chi connectivity index (χ1) is 9.95. The lowest BCUT2D eigenvalue weighted by Crippen LogP contribution is -2.36. The molecule has 6 heteroatoms. The van der Waals surface area contributed by atoms with Gasteiger partial charge in [0, 0.05) is 17.3 Å². The van der Waals surface area contributed by atoms with Gasteiger partial charge in [0.15, 0.2) is 5.78 Å². The molecular formula is C15H18N2O4. The number of benzene rings is 1. The Hall–Kier alpha value is -2.37. The average Bonchev–Trinajstić information content (AvgIpc) is 2.87. The zero-order chi connectivity index (χ0) is 15.4. The zero-order valence-corrected chi connectivity index (χ0v) is 11.8. The fourth-order valence-corrected chi connectivity index (χ4v) is 2.51. The van der Waals surface area contributed by atoms with E-state index in [1.54, 1.807) is 24.3 Å². The van der Waals surface area contributed by atoms with Crippen LogP contribution in [0.5, 0.6) is 0 Å². The lowest BCUT2D eigenvalue weighted by molar-refractivity contribution is -0.141. The summed E-state index contributed by atoms with van der Waals surface area (Å²) >= 11 is 0. The molecule has 1 aromatic rings. The molecule has 0 aliphatic heterocycles. The number of amides is 2. The fraction of sp³-hybridized carbons (Fsp3) is 0.400. The molecule has 2 unspecified atom stereocenters. The van der Waals surface area contributed by atoms with E-state index in [0.717, 1.165) is 0 Å². The van der Waals surface area contributed by atoms with E-state index >= 15 is 0 Å². The maximum absolute atomic E-state index is 11.9. The topological polar surface area (TPSA) is 95.5 Å². The molecule has 0 radical (unpaired) electrons. The third-order valence-corrected chi connectivity index (χ3v) is 3.64. The quantitative estimate of drug-likeness (QED) is 0.741. The van der Waals surface area contributed by atoms with Gasteiger partial charge in [0.05, 0.1) is 5.92 Å². The molecule has 112 valence electrons. The predicted octanol–water partition coefficient (Wildman–Crippen LogP) is 2.26. The highest BCUT2D eigenvalue weighted by Gasteiger charge is 2.30. The largest absolute Gasteiger partial charge is 0.481 e. The molecule has 0 heterocycles. The number of ketones is 1. The zero-order valence-electron chi connectivity index (χ0n) is 11.8. The summed E-state index contributed by atoms with van der Waals surface area (Å²) in [5.41, 5.74) is 1.06. The Kier molecular flexibility index (Phi) is 4.57. The van der Waals surface area contributed by atoms with Crippen LogP contribution < -0.4 is 10.6 Å². The van der Waals surface area contributed by atoms with Gasteiger partial charge in [-0.15, -0.1) is 0 Å². The summed E-state index contributed by atoms with van der Waals surface area (Å²) in [5, 5.41) is 14.3. The second kappa shape index (κ2) is 6.39. The molecule has 2 atom stereocenters. The number of hydrogen-bond acceptors (Lipinski definition) is 3. The van der Waals surface area contributed by atoms with E-state index in [4.69, 9.17) is 5.11 Å². The Labute approximate surface area is 122 Å². The molecule has 3 N–H and O–H groups in total. The van der Waals surface area contributed by atoms with E-state index in [-0.39, 0.29) is 23.8 Å². The van der Waals surface area contributed by atoms with E-state index in [1.165, 1.54) is 6.92 Å². The van der Waals surface area contributed by atoms with Gasteiger partial charge in [-0.1, -0.05) is 12.1 Å². The van der Waals surface area contributed by atoms with Crippen molar-refractivity contribution in [1.29, 1.82) is 0 Å². The van der Waals surface area contributed by atoms with E-state index in [0.29, 0.717) is 30.5 Å². The lowest BCUT2D eigenvalue weighted by atomic mass is 10.1. The predicted molar refractivity (Wildman–Crippen MR) is 77.4 cm³/mol. The summed E-state index contributed by atoms with van der Waals surface area (Å²) in [4.78, 5) is 34.0. The first-order valence-electron chi connectivity index (χ1n) is 6.87. The molecule has 21 heavy (non-hydrogen) atoms. The fourth-order valence-electron chi connectivity index (χ4n) is 2.51. The van der Waals surface area contributed by atoms with Crippen LogP contribution in [0, 0.1) is 5.92 Å². The molecule has 1 aliphatic rings. The molecule has 1 fully saturated rings. The van der Waals surface area contributed by atoms with Crippen LogP contribution in [0.4, 0.5) is 10.5 Å². The second-order valence-corrected chi connectivity index (χ2v) is 5.28. The Morgan fingerprint density at radius 2 is 2.00 bits per heavy atom. The van der Waals surface area contributed by atoms with E-state index in [2.05, 4.69) is 10.6 Å². The van der Waals surface area contributed by atoms with Crippen molar-refractivity contribution in [2.45, 2.75) is 32.2 Å². The number of aliphatic carboxylic acids is 1. The van der Waals surface area contributed by atoms with E-state index < -0.39 is 5.97 Å². The molecule has 1 saturated carbocycles. The first-order valence-corrected chi connectivity index (χ1v) is 6.87. The summed E-state index contributed by atoms with van der Waals surface area (Å²) in [7, 11) is 0. The summed E-state index contributed by atoms with van der Waals surface area (Å²) < 4.78 is 0. The van der Waals surface area contributed by atoms with Crippen molar-refractivity contribution < 1.29 is 19.5 Å². The molecule has 0 spiro atoms. The number of carbonyl (C=O) groups is 3. The van der Waals surface area contributed by atoms with Crippen LogP contribution in [-0.4, -0.2) is 28.9 Å². The van der Waals surface area contributed by atoms with Gasteiger partial charge in [-0.3, -0.25) is 9.59 Å². The van der Waals surface area contributed by atoms with Crippen LogP contribution in [0.2, 0.25) is 0 Å². The SMILES string of the molecule is CC(=O)c1cccc(NC(=O)NC2CCC(C(=O)O)C2)c1. The van der Waals surface area contributed by atoms with Crippen molar-refractivity contribution in [2.75, 3.05) is 5.32 Å². The van der Waals surface area contributed by atoms with Crippen LogP contribution in [-0.2, 0) is 4.79 Å². The molecule has 2 amide bonds. The van der Waals surface area contributed by atoms with Crippen molar-refractivity contribution >= 4 is 23.5 Å². The van der Waals surface area contributed by atoms with Crippen LogP contribution in [0.25, 0.3) is 0 Å². The van der Waals surface area contributed by atoms with Gasteiger partial charge in [-0.2, -0.15) is 0 Å². The van der Waals surface area contributed by atoms with Crippen LogP contribution in [0.3, 0.4) is 0 Å². The lowest BCUT2D eigenvalue weighted by Gasteiger charge is -2.13. The highest BCUT2D eigenvalue weighted by atomic mass is 16.4. The minimum atomic E-state index is -0.811. The van der Waals surface area contributed by atoms with Gasteiger partial charge < -0.3 is 15.7 Å². The van der Waals surface area contributed by atoms with Gasteiger partial charge in [0.1, 0.15) is 0 Å². The van der Waals surface area contributed by atoms with Gasteiger partial charge in [-0.05, 0) is 38.3 Å². The highest BCUT2D eigenvalue weighted by Crippen LogP contribution is 2.25. The Morgan fingerprint density at radius 3 is 2.62 bits per heavy atom. The second-order valence-electron chi connectivity index (χ2n) is 5.28. The number of carbonyl (C=O) groups excluding carboxylic acids is 2. The maximum Gasteiger partial charge on any atom is 0.319 e. The van der Waals surface area contributed by atoms with Crippen LogP contribution >= 0.6 is 0 Å². The monoisotopic (exact) mass is 290 g/mol. The van der Waals surface area contributed by atoms with Crippen LogP contribution in [0.1, 0.15) is 36.5 Å². The molecule has 0 saturated heterocycles. The van der Waals surface area contributed by atoms with Crippen molar-refractivity contribution in [2.24, 2.45) is 5.92 Å². The van der Waals surface area contributed by atoms with Crippen molar-refractivity contribution in [3.8, 4) is 0 Å². The number of carboxylic acid groups (broad SMARTS) is 1. The van der Waals surface area contributed by atoms with Gasteiger partial charge in [-0.25, -0.2) is 4.79 Å². The number of rotatable bonds is 4. The Bertz CT molecular complexity index is 571.